The fourth-order valence-electron chi connectivity index (χ4n) is 8.81. The predicted molar refractivity (Wildman–Crippen MR) is 129 cm³/mol. The molecule has 0 unspecified atom stereocenters. The minimum Gasteiger partial charge on any atom is -0.393 e. The number of aliphatic hydroxyl groups is 2. The summed E-state index contributed by atoms with van der Waals surface area (Å²) in [5.74, 6) is 2.51. The standard InChI is InChI=1S/C28H40ClNO2/c1-26-14-12-20(31)17-18(26)7-8-21-22-9-10-24(27(22,2)15-13-23(21)26)28(3,32)16-11-19-5-4-6-25(29)30-19/h4-7,20-24,31-32H,8-17H2,1-3H3/t20-,21-,22-,23-,24-,26-,27-,28+/m0/s1. The van der Waals surface area contributed by atoms with Gasteiger partial charge in [0.05, 0.1) is 11.7 Å². The molecule has 1 aromatic heterocycles. The summed E-state index contributed by atoms with van der Waals surface area (Å²) < 4.78 is 0. The molecule has 0 amide bonds. The van der Waals surface area contributed by atoms with Crippen LogP contribution < -0.4 is 0 Å². The quantitative estimate of drug-likeness (QED) is 0.408. The summed E-state index contributed by atoms with van der Waals surface area (Å²) in [5.41, 5.74) is 2.31. The maximum absolute atomic E-state index is 11.7. The number of hydrogen-bond donors (Lipinski definition) is 2. The Kier molecular flexibility index (Phi) is 5.79. The largest absolute Gasteiger partial charge is 0.393 e. The number of aliphatic hydroxyl groups excluding tert-OH is 1. The van der Waals surface area contributed by atoms with Crippen molar-refractivity contribution in [3.8, 4) is 0 Å². The highest BCUT2D eigenvalue weighted by molar-refractivity contribution is 6.29. The summed E-state index contributed by atoms with van der Waals surface area (Å²) in [6, 6.07) is 5.77. The summed E-state index contributed by atoms with van der Waals surface area (Å²) in [6.45, 7) is 7.05. The number of aromatic nitrogens is 1. The predicted octanol–water partition coefficient (Wildman–Crippen LogP) is 6.36. The van der Waals surface area contributed by atoms with Crippen LogP contribution in [0.3, 0.4) is 0 Å². The van der Waals surface area contributed by atoms with Crippen LogP contribution in [-0.4, -0.2) is 26.9 Å². The number of pyridine rings is 1. The van der Waals surface area contributed by atoms with Gasteiger partial charge < -0.3 is 10.2 Å². The van der Waals surface area contributed by atoms with E-state index in [9.17, 15) is 10.2 Å². The van der Waals surface area contributed by atoms with Crippen molar-refractivity contribution in [3.63, 3.8) is 0 Å². The molecule has 3 nitrogen and oxygen atoms in total. The lowest BCUT2D eigenvalue weighted by Gasteiger charge is -2.59. The molecule has 8 atom stereocenters. The Morgan fingerprint density at radius 3 is 2.72 bits per heavy atom. The summed E-state index contributed by atoms with van der Waals surface area (Å²) in [6.07, 6.45) is 12.9. The van der Waals surface area contributed by atoms with Gasteiger partial charge >= 0.3 is 0 Å². The Bertz CT molecular complexity index is 897. The fourth-order valence-corrected chi connectivity index (χ4v) is 8.99. The average Bonchev–Trinajstić information content (AvgIpc) is 3.11. The highest BCUT2D eigenvalue weighted by atomic mass is 35.5. The van der Waals surface area contributed by atoms with Crippen molar-refractivity contribution in [2.24, 2.45) is 34.5 Å². The van der Waals surface area contributed by atoms with E-state index in [1.807, 2.05) is 18.2 Å². The van der Waals surface area contributed by atoms with E-state index in [4.69, 9.17) is 11.6 Å². The molecular formula is C28H40ClNO2. The molecule has 0 aromatic carbocycles. The van der Waals surface area contributed by atoms with Crippen molar-refractivity contribution in [2.75, 3.05) is 0 Å². The Hall–Kier alpha value is -0.900. The van der Waals surface area contributed by atoms with Crippen LogP contribution in [0.25, 0.3) is 0 Å². The highest BCUT2D eigenvalue weighted by Crippen LogP contribution is 2.67. The van der Waals surface area contributed by atoms with E-state index < -0.39 is 5.60 Å². The van der Waals surface area contributed by atoms with Gasteiger partial charge in [-0.1, -0.05) is 43.2 Å². The summed E-state index contributed by atoms with van der Waals surface area (Å²) in [7, 11) is 0. The number of fused-ring (bicyclic) bond motifs is 5. The molecular weight excluding hydrogens is 418 g/mol. The lowest BCUT2D eigenvalue weighted by Crippen LogP contribution is -2.53. The molecule has 0 spiro atoms. The highest BCUT2D eigenvalue weighted by Gasteiger charge is 2.61. The van der Waals surface area contributed by atoms with Crippen LogP contribution in [0.2, 0.25) is 5.15 Å². The van der Waals surface area contributed by atoms with Gasteiger partial charge in [-0.05, 0) is 118 Å². The molecule has 5 rings (SSSR count). The monoisotopic (exact) mass is 457 g/mol. The lowest BCUT2D eigenvalue weighted by molar-refractivity contribution is -0.104. The first-order chi connectivity index (χ1) is 15.1. The first-order valence-corrected chi connectivity index (χ1v) is 13.2. The Morgan fingerprint density at radius 1 is 1.12 bits per heavy atom. The van der Waals surface area contributed by atoms with Gasteiger partial charge in [-0.15, -0.1) is 0 Å². The maximum atomic E-state index is 11.7. The molecule has 0 radical (unpaired) electrons. The van der Waals surface area contributed by atoms with Gasteiger partial charge in [0.25, 0.3) is 0 Å². The first kappa shape index (κ1) is 22.9. The second-order valence-corrected chi connectivity index (χ2v) is 12.5. The van der Waals surface area contributed by atoms with Gasteiger partial charge in [0.15, 0.2) is 0 Å². The minimum absolute atomic E-state index is 0.139. The van der Waals surface area contributed by atoms with Gasteiger partial charge in [0.2, 0.25) is 0 Å². The first-order valence-electron chi connectivity index (χ1n) is 12.8. The van der Waals surface area contributed by atoms with Crippen LogP contribution in [0, 0.1) is 34.5 Å². The van der Waals surface area contributed by atoms with Crippen molar-refractivity contribution < 1.29 is 10.2 Å². The normalized spacial score (nSPS) is 42.9. The van der Waals surface area contributed by atoms with Crippen molar-refractivity contribution >= 4 is 11.6 Å². The summed E-state index contributed by atoms with van der Waals surface area (Å²) >= 11 is 6.08. The molecule has 3 saturated carbocycles. The third-order valence-electron chi connectivity index (χ3n) is 10.5. The minimum atomic E-state index is -0.686. The van der Waals surface area contributed by atoms with E-state index in [-0.39, 0.29) is 16.9 Å². The fraction of sp³-hybridized carbons (Fsp3) is 0.750. The van der Waals surface area contributed by atoms with Gasteiger partial charge in [-0.25, -0.2) is 4.98 Å². The molecule has 4 aliphatic rings. The zero-order chi connectivity index (χ0) is 22.7. The third kappa shape index (κ3) is 3.67. The van der Waals surface area contributed by atoms with Crippen molar-refractivity contribution in [2.45, 2.75) is 96.7 Å². The van der Waals surface area contributed by atoms with Crippen LogP contribution in [0.4, 0.5) is 0 Å². The van der Waals surface area contributed by atoms with Crippen LogP contribution in [-0.2, 0) is 6.42 Å². The van der Waals surface area contributed by atoms with Crippen LogP contribution in [0.1, 0.15) is 84.3 Å². The molecule has 0 aliphatic heterocycles. The number of halogens is 1. The average molecular weight is 458 g/mol. The number of aryl methyl sites for hydroxylation is 1. The van der Waals surface area contributed by atoms with E-state index in [0.717, 1.165) is 56.1 Å². The number of rotatable bonds is 4. The molecule has 176 valence electrons. The molecule has 1 heterocycles. The van der Waals surface area contributed by atoms with Crippen molar-refractivity contribution in [3.05, 3.63) is 40.7 Å². The Balaban J connectivity index is 1.34. The van der Waals surface area contributed by atoms with E-state index in [0.29, 0.717) is 17.0 Å². The van der Waals surface area contributed by atoms with Gasteiger partial charge in [0.1, 0.15) is 5.15 Å². The zero-order valence-electron chi connectivity index (χ0n) is 20.0. The van der Waals surface area contributed by atoms with E-state index in [1.165, 1.54) is 31.3 Å². The maximum Gasteiger partial charge on any atom is 0.129 e. The number of nitrogens with zero attached hydrogens (tertiary/aromatic N) is 1. The number of hydrogen-bond acceptors (Lipinski definition) is 3. The zero-order valence-corrected chi connectivity index (χ0v) is 20.7. The second-order valence-electron chi connectivity index (χ2n) is 12.1. The topological polar surface area (TPSA) is 53.4 Å². The Morgan fingerprint density at radius 2 is 1.94 bits per heavy atom. The molecule has 4 aliphatic carbocycles. The molecule has 32 heavy (non-hydrogen) atoms. The SMILES string of the molecule is C[C@]12CC[C@H]3[C@@H](CC=C4C[C@@H](O)CC[C@@]43C)[C@@H]1CC[C@@H]2[C@](C)(O)CCc1cccc(Cl)n1. The molecule has 2 N–H and O–H groups in total. The second kappa shape index (κ2) is 8.10. The van der Waals surface area contributed by atoms with Gasteiger partial charge in [-0.3, -0.25) is 0 Å². The molecule has 4 heteroatoms. The van der Waals surface area contributed by atoms with Crippen molar-refractivity contribution in [1.82, 2.24) is 4.98 Å². The van der Waals surface area contributed by atoms with Crippen LogP contribution >= 0.6 is 11.6 Å². The van der Waals surface area contributed by atoms with Gasteiger partial charge in [0, 0.05) is 5.69 Å². The summed E-state index contributed by atoms with van der Waals surface area (Å²) in [5, 5.41) is 22.5. The molecule has 0 saturated heterocycles. The van der Waals surface area contributed by atoms with E-state index in [2.05, 4.69) is 31.8 Å². The smallest absolute Gasteiger partial charge is 0.129 e. The molecule has 3 fully saturated rings. The molecule has 1 aromatic rings. The third-order valence-corrected chi connectivity index (χ3v) is 10.7. The van der Waals surface area contributed by atoms with Crippen LogP contribution in [0.15, 0.2) is 29.8 Å². The van der Waals surface area contributed by atoms with Crippen LogP contribution in [0.5, 0.6) is 0 Å². The van der Waals surface area contributed by atoms with Crippen molar-refractivity contribution in [1.29, 1.82) is 0 Å². The number of allylic oxidation sites excluding steroid dienone is 1. The van der Waals surface area contributed by atoms with E-state index in [1.54, 1.807) is 0 Å². The Labute approximate surface area is 198 Å². The summed E-state index contributed by atoms with van der Waals surface area (Å²) in [4.78, 5) is 4.44. The van der Waals surface area contributed by atoms with Gasteiger partial charge in [-0.2, -0.15) is 0 Å². The molecule has 0 bridgehead atoms. The lowest BCUT2D eigenvalue weighted by atomic mass is 9.46. The van der Waals surface area contributed by atoms with E-state index >= 15 is 0 Å².